The number of fused-ring (bicyclic) bond motifs is 1. The zero-order valence-electron chi connectivity index (χ0n) is 8.50. The largest absolute Gasteiger partial charge is 0.507 e. The smallest absolute Gasteiger partial charge is 0.242 e. The van der Waals surface area contributed by atoms with Gasteiger partial charge in [-0.25, -0.2) is 12.4 Å². The van der Waals surface area contributed by atoms with Crippen molar-refractivity contribution < 1.29 is 13.5 Å². The lowest BCUT2D eigenvalue weighted by Gasteiger charge is -2.04. The van der Waals surface area contributed by atoms with Crippen molar-refractivity contribution in [1.29, 1.82) is 0 Å². The molecule has 84 valence electrons. The summed E-state index contributed by atoms with van der Waals surface area (Å²) in [6.45, 7) is 3.41. The van der Waals surface area contributed by atoms with Gasteiger partial charge in [-0.15, -0.1) is 6.58 Å². The highest BCUT2D eigenvalue weighted by Crippen LogP contribution is 2.26. The minimum Gasteiger partial charge on any atom is -0.507 e. The Hall–Kier alpha value is -1.75. The number of benzene rings is 1. The molecule has 0 unspecified atom stereocenters. The number of rotatable bonds is 3. The quantitative estimate of drug-likeness (QED) is 0.827. The lowest BCUT2D eigenvalue weighted by molar-refractivity contribution is 0.481. The van der Waals surface area contributed by atoms with Crippen molar-refractivity contribution in [3.63, 3.8) is 0 Å². The van der Waals surface area contributed by atoms with Crippen LogP contribution < -0.4 is 0 Å². The van der Waals surface area contributed by atoms with E-state index in [0.29, 0.717) is 10.9 Å². The summed E-state index contributed by atoms with van der Waals surface area (Å²) in [4.78, 5) is 0. The van der Waals surface area contributed by atoms with E-state index in [1.165, 1.54) is 18.3 Å². The molecule has 0 aliphatic heterocycles. The van der Waals surface area contributed by atoms with Gasteiger partial charge in [-0.3, -0.25) is 0 Å². The molecule has 5 heteroatoms. The molecule has 0 bridgehead atoms. The summed E-state index contributed by atoms with van der Waals surface area (Å²) in [6.07, 6.45) is 2.77. The van der Waals surface area contributed by atoms with Crippen LogP contribution in [-0.4, -0.2) is 23.2 Å². The van der Waals surface area contributed by atoms with E-state index in [9.17, 15) is 13.5 Å². The molecular formula is C11H11NO3S. The van der Waals surface area contributed by atoms with Gasteiger partial charge in [-0.1, -0.05) is 12.1 Å². The molecule has 0 spiro atoms. The van der Waals surface area contributed by atoms with E-state index in [1.54, 1.807) is 18.2 Å². The first kappa shape index (κ1) is 10.8. The Balaban J connectivity index is 2.72. The molecule has 0 radical (unpaired) electrons. The zero-order chi connectivity index (χ0) is 11.8. The molecule has 4 nitrogen and oxygen atoms in total. The van der Waals surface area contributed by atoms with Gasteiger partial charge in [0.25, 0.3) is 0 Å². The Labute approximate surface area is 93.5 Å². The van der Waals surface area contributed by atoms with Crippen molar-refractivity contribution >= 4 is 20.9 Å². The summed E-state index contributed by atoms with van der Waals surface area (Å²) in [5.74, 6) is -0.0584. The Morgan fingerprint density at radius 2 is 2.12 bits per heavy atom. The fourth-order valence-electron chi connectivity index (χ4n) is 1.60. The molecule has 1 aromatic heterocycles. The van der Waals surface area contributed by atoms with E-state index in [1.807, 2.05) is 0 Å². The van der Waals surface area contributed by atoms with Crippen LogP contribution in [0.2, 0.25) is 0 Å². The monoisotopic (exact) mass is 237 g/mol. The number of hydrogen-bond acceptors (Lipinski definition) is 3. The standard InChI is InChI=1S/C11H11NO3S/c1-2-8-16(14,15)12-7-6-9-10(12)4-3-5-11(9)13/h2-7,13H,1,8H2. The molecule has 0 atom stereocenters. The van der Waals surface area contributed by atoms with Gasteiger partial charge in [-0.2, -0.15) is 0 Å². The van der Waals surface area contributed by atoms with Gasteiger partial charge in [0.05, 0.1) is 11.3 Å². The highest BCUT2D eigenvalue weighted by atomic mass is 32.2. The topological polar surface area (TPSA) is 59.3 Å². The van der Waals surface area contributed by atoms with Gasteiger partial charge in [0.2, 0.25) is 10.0 Å². The second-order valence-electron chi connectivity index (χ2n) is 3.39. The van der Waals surface area contributed by atoms with E-state index in [0.717, 1.165) is 3.97 Å². The molecule has 2 aromatic rings. The van der Waals surface area contributed by atoms with E-state index in [-0.39, 0.29) is 11.5 Å². The molecule has 0 fully saturated rings. The first-order valence-corrected chi connectivity index (χ1v) is 6.30. The van der Waals surface area contributed by atoms with E-state index in [4.69, 9.17) is 0 Å². The number of phenolic OH excluding ortho intramolecular Hbond substituents is 1. The zero-order valence-corrected chi connectivity index (χ0v) is 9.31. The number of hydrogen-bond donors (Lipinski definition) is 1. The maximum atomic E-state index is 11.8. The average Bonchev–Trinajstić information content (AvgIpc) is 2.63. The van der Waals surface area contributed by atoms with Crippen LogP contribution in [0.25, 0.3) is 10.9 Å². The molecule has 0 aliphatic rings. The van der Waals surface area contributed by atoms with Gasteiger partial charge in [0.1, 0.15) is 5.75 Å². The van der Waals surface area contributed by atoms with Gasteiger partial charge in [0, 0.05) is 11.6 Å². The third-order valence-electron chi connectivity index (χ3n) is 2.30. The van der Waals surface area contributed by atoms with Crippen LogP contribution in [-0.2, 0) is 10.0 Å². The molecule has 0 amide bonds. The minimum absolute atomic E-state index is 0.0741. The van der Waals surface area contributed by atoms with Crippen molar-refractivity contribution in [2.45, 2.75) is 0 Å². The van der Waals surface area contributed by atoms with E-state index < -0.39 is 10.0 Å². The van der Waals surface area contributed by atoms with Crippen molar-refractivity contribution in [2.24, 2.45) is 0 Å². The average molecular weight is 237 g/mol. The Kier molecular flexibility index (Phi) is 2.47. The Morgan fingerprint density at radius 3 is 2.81 bits per heavy atom. The predicted octanol–water partition coefficient (Wildman–Crippen LogP) is 1.71. The number of nitrogens with zero attached hydrogens (tertiary/aromatic N) is 1. The van der Waals surface area contributed by atoms with Gasteiger partial charge in [-0.05, 0) is 18.2 Å². The first-order valence-electron chi connectivity index (χ1n) is 4.69. The molecular weight excluding hydrogens is 226 g/mol. The van der Waals surface area contributed by atoms with Gasteiger partial charge >= 0.3 is 0 Å². The maximum absolute atomic E-state index is 11.8. The molecule has 0 aliphatic carbocycles. The second-order valence-corrected chi connectivity index (χ2v) is 5.28. The van der Waals surface area contributed by atoms with Crippen molar-refractivity contribution in [3.8, 4) is 5.75 Å². The number of aromatic hydroxyl groups is 1. The summed E-state index contributed by atoms with van der Waals surface area (Å²) in [6, 6.07) is 6.35. The van der Waals surface area contributed by atoms with Crippen molar-refractivity contribution in [2.75, 3.05) is 5.75 Å². The van der Waals surface area contributed by atoms with Crippen LogP contribution in [0.3, 0.4) is 0 Å². The first-order chi connectivity index (χ1) is 7.56. The molecule has 16 heavy (non-hydrogen) atoms. The summed E-state index contributed by atoms with van der Waals surface area (Å²) in [5.41, 5.74) is 0.474. The summed E-state index contributed by atoms with van der Waals surface area (Å²) in [7, 11) is -3.42. The third kappa shape index (κ3) is 1.59. The molecule has 2 rings (SSSR count). The lowest BCUT2D eigenvalue weighted by Crippen LogP contribution is -2.13. The van der Waals surface area contributed by atoms with E-state index in [2.05, 4.69) is 6.58 Å². The highest BCUT2D eigenvalue weighted by molar-refractivity contribution is 7.90. The van der Waals surface area contributed by atoms with Crippen LogP contribution in [0.5, 0.6) is 5.75 Å². The number of aromatic nitrogens is 1. The highest BCUT2D eigenvalue weighted by Gasteiger charge is 2.14. The predicted molar refractivity (Wildman–Crippen MR) is 63.0 cm³/mol. The molecule has 1 aromatic carbocycles. The molecule has 1 N–H and O–H groups in total. The van der Waals surface area contributed by atoms with Crippen LogP contribution in [0.15, 0.2) is 43.1 Å². The van der Waals surface area contributed by atoms with Crippen LogP contribution in [0, 0.1) is 0 Å². The van der Waals surface area contributed by atoms with Crippen molar-refractivity contribution in [3.05, 3.63) is 43.1 Å². The van der Waals surface area contributed by atoms with Crippen LogP contribution >= 0.6 is 0 Å². The lowest BCUT2D eigenvalue weighted by atomic mass is 10.2. The molecule has 1 heterocycles. The fraction of sp³-hybridized carbons (Fsp3) is 0.0909. The third-order valence-corrected chi connectivity index (χ3v) is 3.88. The molecule has 0 saturated heterocycles. The van der Waals surface area contributed by atoms with Crippen molar-refractivity contribution in [1.82, 2.24) is 3.97 Å². The SMILES string of the molecule is C=CCS(=O)(=O)n1ccc2c(O)cccc21. The summed E-state index contributed by atoms with van der Waals surface area (Å²) in [5, 5.41) is 10.1. The Morgan fingerprint density at radius 1 is 1.38 bits per heavy atom. The minimum atomic E-state index is -3.42. The van der Waals surface area contributed by atoms with E-state index >= 15 is 0 Å². The fourth-order valence-corrected chi connectivity index (χ4v) is 2.76. The second kappa shape index (κ2) is 3.68. The summed E-state index contributed by atoms with van der Waals surface area (Å²) >= 11 is 0. The maximum Gasteiger partial charge on any atom is 0.242 e. The normalized spacial score (nSPS) is 11.8. The van der Waals surface area contributed by atoms with Crippen LogP contribution in [0.1, 0.15) is 0 Å². The summed E-state index contributed by atoms with van der Waals surface area (Å²) < 4.78 is 24.8. The Bertz CT molecular complexity index is 640. The van der Waals surface area contributed by atoms with Gasteiger partial charge < -0.3 is 5.11 Å². The molecule has 0 saturated carbocycles. The van der Waals surface area contributed by atoms with Gasteiger partial charge in [0.15, 0.2) is 0 Å². The number of phenols is 1. The van der Waals surface area contributed by atoms with Crippen LogP contribution in [0.4, 0.5) is 0 Å².